The number of hydrogen-bond donors (Lipinski definition) is 1. The lowest BCUT2D eigenvalue weighted by molar-refractivity contribution is 0.0504. The van der Waals surface area contributed by atoms with E-state index in [0.717, 1.165) is 12.8 Å². The van der Waals surface area contributed by atoms with E-state index in [1.165, 1.54) is 0 Å². The molecule has 1 saturated carbocycles. The maximum absolute atomic E-state index is 10.0. The van der Waals surface area contributed by atoms with Gasteiger partial charge in [-0.15, -0.1) is 0 Å². The highest BCUT2D eigenvalue weighted by Crippen LogP contribution is 2.52. The summed E-state index contributed by atoms with van der Waals surface area (Å²) in [5.74, 6) is 1.66. The second kappa shape index (κ2) is 2.78. The molecule has 1 N–H and O–H groups in total. The lowest BCUT2D eigenvalue weighted by atomic mass is 9.88. The molecule has 0 amide bonds. The first kappa shape index (κ1) is 9.05. The number of aliphatic hydroxyl groups is 1. The molecule has 0 radical (unpaired) electrons. The van der Waals surface area contributed by atoms with Gasteiger partial charge in [-0.05, 0) is 24.2 Å². The summed E-state index contributed by atoms with van der Waals surface area (Å²) in [5, 5.41) is 10.0. The lowest BCUT2D eigenvalue weighted by Gasteiger charge is -2.22. The van der Waals surface area contributed by atoms with Crippen molar-refractivity contribution in [1.82, 2.24) is 0 Å². The summed E-state index contributed by atoms with van der Waals surface area (Å²) in [5.41, 5.74) is -0.303. The van der Waals surface area contributed by atoms with Crippen LogP contribution < -0.4 is 0 Å². The van der Waals surface area contributed by atoms with Gasteiger partial charge in [0.15, 0.2) is 0 Å². The SMILES string of the molecule is CCC1CC1(O)C(C)C(C)C. The molecule has 1 heteroatoms. The zero-order valence-corrected chi connectivity index (χ0v) is 8.09. The Morgan fingerprint density at radius 1 is 1.45 bits per heavy atom. The summed E-state index contributed by atoms with van der Waals surface area (Å²) in [7, 11) is 0. The van der Waals surface area contributed by atoms with E-state index in [0.29, 0.717) is 17.8 Å². The first-order valence-electron chi connectivity index (χ1n) is 4.74. The molecule has 0 aromatic carbocycles. The van der Waals surface area contributed by atoms with Crippen molar-refractivity contribution in [2.75, 3.05) is 0 Å². The molecule has 11 heavy (non-hydrogen) atoms. The number of rotatable bonds is 3. The van der Waals surface area contributed by atoms with Gasteiger partial charge in [0.05, 0.1) is 5.60 Å². The van der Waals surface area contributed by atoms with Crippen molar-refractivity contribution in [2.24, 2.45) is 17.8 Å². The zero-order valence-electron chi connectivity index (χ0n) is 8.09. The van der Waals surface area contributed by atoms with Crippen LogP contribution in [-0.2, 0) is 0 Å². The minimum absolute atomic E-state index is 0.303. The van der Waals surface area contributed by atoms with E-state index in [9.17, 15) is 5.11 Å². The Kier molecular flexibility index (Phi) is 2.29. The maximum atomic E-state index is 10.0. The lowest BCUT2D eigenvalue weighted by Crippen LogP contribution is -2.26. The van der Waals surface area contributed by atoms with Crippen LogP contribution >= 0.6 is 0 Å². The molecule has 1 fully saturated rings. The molecule has 0 aromatic heterocycles. The highest BCUT2D eigenvalue weighted by Gasteiger charge is 2.55. The summed E-state index contributed by atoms with van der Waals surface area (Å²) >= 11 is 0. The van der Waals surface area contributed by atoms with Gasteiger partial charge in [0, 0.05) is 0 Å². The van der Waals surface area contributed by atoms with Gasteiger partial charge in [-0.3, -0.25) is 0 Å². The molecule has 1 aliphatic carbocycles. The van der Waals surface area contributed by atoms with Gasteiger partial charge in [0.2, 0.25) is 0 Å². The molecule has 66 valence electrons. The van der Waals surface area contributed by atoms with E-state index in [1.807, 2.05) is 0 Å². The van der Waals surface area contributed by atoms with Crippen LogP contribution in [0.3, 0.4) is 0 Å². The topological polar surface area (TPSA) is 20.2 Å². The molecule has 0 aliphatic heterocycles. The average molecular weight is 156 g/mol. The largest absolute Gasteiger partial charge is 0.389 e. The van der Waals surface area contributed by atoms with E-state index < -0.39 is 0 Å². The quantitative estimate of drug-likeness (QED) is 0.665. The van der Waals surface area contributed by atoms with Gasteiger partial charge < -0.3 is 5.11 Å². The van der Waals surface area contributed by atoms with E-state index >= 15 is 0 Å². The monoisotopic (exact) mass is 156 g/mol. The van der Waals surface area contributed by atoms with Crippen molar-refractivity contribution in [2.45, 2.75) is 46.1 Å². The Hall–Kier alpha value is -0.0400. The summed E-state index contributed by atoms with van der Waals surface area (Å²) < 4.78 is 0. The second-order valence-electron chi connectivity index (χ2n) is 4.33. The van der Waals surface area contributed by atoms with Crippen molar-refractivity contribution in [3.63, 3.8) is 0 Å². The third-order valence-corrected chi connectivity index (χ3v) is 3.40. The van der Waals surface area contributed by atoms with Crippen molar-refractivity contribution >= 4 is 0 Å². The Labute approximate surface area is 69.8 Å². The molecule has 0 spiro atoms. The third-order valence-electron chi connectivity index (χ3n) is 3.40. The van der Waals surface area contributed by atoms with Gasteiger partial charge in [-0.2, -0.15) is 0 Å². The van der Waals surface area contributed by atoms with E-state index in [-0.39, 0.29) is 5.60 Å². The van der Waals surface area contributed by atoms with Crippen molar-refractivity contribution in [3.05, 3.63) is 0 Å². The van der Waals surface area contributed by atoms with Crippen LogP contribution in [0, 0.1) is 17.8 Å². The predicted molar refractivity (Wildman–Crippen MR) is 47.3 cm³/mol. The van der Waals surface area contributed by atoms with Crippen LogP contribution in [0.25, 0.3) is 0 Å². The summed E-state index contributed by atoms with van der Waals surface area (Å²) in [6.07, 6.45) is 2.16. The highest BCUT2D eigenvalue weighted by atomic mass is 16.3. The van der Waals surface area contributed by atoms with Crippen molar-refractivity contribution in [3.8, 4) is 0 Å². The van der Waals surface area contributed by atoms with Crippen molar-refractivity contribution < 1.29 is 5.11 Å². The Bertz CT molecular complexity index is 142. The van der Waals surface area contributed by atoms with Gasteiger partial charge in [0.25, 0.3) is 0 Å². The molecule has 3 atom stereocenters. The van der Waals surface area contributed by atoms with E-state index in [1.54, 1.807) is 0 Å². The van der Waals surface area contributed by atoms with Crippen molar-refractivity contribution in [1.29, 1.82) is 0 Å². The Morgan fingerprint density at radius 2 is 2.00 bits per heavy atom. The molecular weight excluding hydrogens is 136 g/mol. The van der Waals surface area contributed by atoms with Gasteiger partial charge in [-0.1, -0.05) is 34.1 Å². The average Bonchev–Trinajstić information content (AvgIpc) is 2.61. The van der Waals surface area contributed by atoms with Crippen LogP contribution in [0.15, 0.2) is 0 Å². The molecule has 1 rings (SSSR count). The minimum atomic E-state index is -0.303. The molecule has 0 saturated heterocycles. The summed E-state index contributed by atoms with van der Waals surface area (Å²) in [6, 6.07) is 0. The molecule has 3 unspecified atom stereocenters. The molecule has 0 bridgehead atoms. The fourth-order valence-electron chi connectivity index (χ4n) is 1.97. The molecule has 1 nitrogen and oxygen atoms in total. The van der Waals surface area contributed by atoms with Gasteiger partial charge >= 0.3 is 0 Å². The van der Waals surface area contributed by atoms with E-state index in [4.69, 9.17) is 0 Å². The normalized spacial score (nSPS) is 39.3. The molecule has 0 aromatic rings. The molecular formula is C10H20O. The fraction of sp³-hybridized carbons (Fsp3) is 1.00. The highest BCUT2D eigenvalue weighted by molar-refractivity contribution is 5.06. The first-order valence-corrected chi connectivity index (χ1v) is 4.74. The predicted octanol–water partition coefficient (Wildman–Crippen LogP) is 2.44. The van der Waals surface area contributed by atoms with Gasteiger partial charge in [0.1, 0.15) is 0 Å². The minimum Gasteiger partial charge on any atom is -0.389 e. The van der Waals surface area contributed by atoms with E-state index in [2.05, 4.69) is 27.7 Å². The summed E-state index contributed by atoms with van der Waals surface area (Å²) in [6.45, 7) is 8.71. The second-order valence-corrected chi connectivity index (χ2v) is 4.33. The summed E-state index contributed by atoms with van der Waals surface area (Å²) in [4.78, 5) is 0. The number of hydrogen-bond acceptors (Lipinski definition) is 1. The molecule has 0 heterocycles. The van der Waals surface area contributed by atoms with Gasteiger partial charge in [-0.25, -0.2) is 0 Å². The third kappa shape index (κ3) is 1.44. The smallest absolute Gasteiger partial charge is 0.0708 e. The van der Waals surface area contributed by atoms with Crippen LogP contribution in [0.5, 0.6) is 0 Å². The Balaban J connectivity index is 2.49. The standard InChI is InChI=1S/C10H20O/c1-5-9-6-10(9,11)8(4)7(2)3/h7-9,11H,5-6H2,1-4H3. The van der Waals surface area contributed by atoms with Crippen LogP contribution in [0.4, 0.5) is 0 Å². The molecule has 1 aliphatic rings. The Morgan fingerprint density at radius 3 is 2.27 bits per heavy atom. The zero-order chi connectivity index (χ0) is 8.65. The van der Waals surface area contributed by atoms with Crippen LogP contribution in [0.1, 0.15) is 40.5 Å². The van der Waals surface area contributed by atoms with Crippen LogP contribution in [-0.4, -0.2) is 10.7 Å². The maximum Gasteiger partial charge on any atom is 0.0708 e. The van der Waals surface area contributed by atoms with Crippen LogP contribution in [0.2, 0.25) is 0 Å². The fourth-order valence-corrected chi connectivity index (χ4v) is 1.97. The first-order chi connectivity index (χ1) is 5.02.